The zero-order valence-electron chi connectivity index (χ0n) is 2.80. The Labute approximate surface area is 86.9 Å². The van der Waals surface area contributed by atoms with E-state index in [-0.39, 0.29) is 87.7 Å². The van der Waals surface area contributed by atoms with Crippen LogP contribution in [0.2, 0.25) is 0 Å². The predicted octanol–water partition coefficient (Wildman–Crippen LogP) is -0.715. The summed E-state index contributed by atoms with van der Waals surface area (Å²) >= 11 is 0. The van der Waals surface area contributed by atoms with Gasteiger partial charge in [0, 0.05) is 0 Å². The summed E-state index contributed by atoms with van der Waals surface area (Å²) in [6.07, 6.45) is 0. The van der Waals surface area contributed by atoms with Crippen molar-refractivity contribution in [2.45, 2.75) is 0 Å². The Morgan fingerprint density at radius 2 is 0.429 bits per heavy atom. The van der Waals surface area contributed by atoms with Gasteiger partial charge in [0.05, 0.1) is 0 Å². The van der Waals surface area contributed by atoms with E-state index in [1.807, 2.05) is 0 Å². The summed E-state index contributed by atoms with van der Waals surface area (Å²) in [4.78, 5) is 0. The van der Waals surface area contributed by atoms with Crippen LogP contribution in [-0.4, -0.2) is 21.9 Å². The first-order chi connectivity index (χ1) is 0. The van der Waals surface area contributed by atoms with Crippen LogP contribution in [0.5, 0.6) is 0 Å². The predicted molar refractivity (Wildman–Crippen MR) is 7.74 cm³/mol. The second-order valence-corrected chi connectivity index (χ2v) is 0. The minimum Gasteiger partial charge on any atom is -0.870 e. The molecule has 7 heavy (non-hydrogen) atoms. The molecule has 7 heteroatoms. The first-order valence-corrected chi connectivity index (χ1v) is 0. The van der Waals surface area contributed by atoms with E-state index < -0.39 is 0 Å². The molecule has 0 heterocycles. The van der Waals surface area contributed by atoms with Crippen molar-refractivity contribution in [1.29, 1.82) is 0 Å². The average molecular weight is 468 g/mol. The maximum atomic E-state index is 0. The number of rotatable bonds is 0. The second-order valence-electron chi connectivity index (χ2n) is 0. The van der Waals surface area contributed by atoms with Crippen LogP contribution in [0.25, 0.3) is 0 Å². The van der Waals surface area contributed by atoms with Gasteiger partial charge in [0.1, 0.15) is 0 Å². The van der Waals surface area contributed by atoms with E-state index in [1.54, 1.807) is 0 Å². The maximum absolute atomic E-state index is 0. The standard InChI is InChI=1S/2Ag.4H2O.W/h;;4*1H2;/q2*+1;;;;;+2/p-4. The van der Waals surface area contributed by atoms with Gasteiger partial charge in [-0.2, -0.15) is 0 Å². The van der Waals surface area contributed by atoms with Gasteiger partial charge in [-0.3, -0.25) is 0 Å². The zero-order valence-corrected chi connectivity index (χ0v) is 8.70. The quantitative estimate of drug-likeness (QED) is 0.437. The van der Waals surface area contributed by atoms with Gasteiger partial charge in [0.2, 0.25) is 0 Å². The molecule has 0 aliphatic rings. The number of hydrogen-bond acceptors (Lipinski definition) is 4. The molecule has 0 rings (SSSR count). The summed E-state index contributed by atoms with van der Waals surface area (Å²) in [6.45, 7) is 0. The van der Waals surface area contributed by atoms with E-state index in [0.29, 0.717) is 0 Å². The van der Waals surface area contributed by atoms with E-state index in [9.17, 15) is 0 Å². The molecule has 0 aliphatic heterocycles. The Hall–Kier alpha value is 2.01. The largest absolute Gasteiger partial charge is 2.00 e. The first kappa shape index (κ1) is 143. The van der Waals surface area contributed by atoms with Gasteiger partial charge in [0.25, 0.3) is 0 Å². The van der Waals surface area contributed by atoms with Gasteiger partial charge in [0.15, 0.2) is 0 Å². The molecular formula is H4Ag2O4W. The van der Waals surface area contributed by atoms with Crippen LogP contribution < -0.4 is 0 Å². The zero-order chi connectivity index (χ0) is 0. The summed E-state index contributed by atoms with van der Waals surface area (Å²) in [6, 6.07) is 0. The van der Waals surface area contributed by atoms with E-state index in [0.717, 1.165) is 0 Å². The molecule has 0 saturated carbocycles. The monoisotopic (exact) mass is 466 g/mol. The fourth-order valence-corrected chi connectivity index (χ4v) is 0. The number of hydrogen-bond donors (Lipinski definition) is 0. The van der Waals surface area contributed by atoms with Gasteiger partial charge in [-0.25, -0.2) is 0 Å². The van der Waals surface area contributed by atoms with E-state index in [4.69, 9.17) is 0 Å². The summed E-state index contributed by atoms with van der Waals surface area (Å²) < 4.78 is 0. The molecule has 0 atom stereocenters. The molecule has 0 aromatic rings. The van der Waals surface area contributed by atoms with Crippen LogP contribution in [0, 0.1) is 0 Å². The molecule has 0 aromatic carbocycles. The Morgan fingerprint density at radius 1 is 0.429 bits per heavy atom. The molecule has 0 bridgehead atoms. The third-order valence-corrected chi connectivity index (χ3v) is 0. The van der Waals surface area contributed by atoms with Crippen molar-refractivity contribution in [2.75, 3.05) is 0 Å². The van der Waals surface area contributed by atoms with Gasteiger partial charge in [-0.15, -0.1) is 0 Å². The second kappa shape index (κ2) is 97.5. The van der Waals surface area contributed by atoms with E-state index in [2.05, 4.69) is 0 Å². The summed E-state index contributed by atoms with van der Waals surface area (Å²) in [7, 11) is 0. The molecule has 0 radical (unpaired) electrons. The van der Waals surface area contributed by atoms with Crippen molar-refractivity contribution in [3.63, 3.8) is 0 Å². The van der Waals surface area contributed by atoms with Gasteiger partial charge >= 0.3 is 65.8 Å². The smallest absolute Gasteiger partial charge is 0.870 e. The minimum absolute atomic E-state index is 0. The van der Waals surface area contributed by atoms with Crippen molar-refractivity contribution < 1.29 is 87.7 Å². The third kappa shape index (κ3) is 71.7. The minimum atomic E-state index is 0. The molecule has 56 valence electrons. The molecule has 0 aromatic heterocycles. The molecule has 0 spiro atoms. The Morgan fingerprint density at radius 3 is 0.429 bits per heavy atom. The van der Waals surface area contributed by atoms with Crippen molar-refractivity contribution in [1.82, 2.24) is 0 Å². The third-order valence-electron chi connectivity index (χ3n) is 0. The Balaban J connectivity index is 0. The van der Waals surface area contributed by atoms with Crippen LogP contribution in [0.15, 0.2) is 0 Å². The SMILES string of the molecule is [Ag+].[Ag+].[OH-].[OH-].[OH-].[OH-].[W+2]. The molecule has 4 nitrogen and oxygen atoms in total. The van der Waals surface area contributed by atoms with Crippen molar-refractivity contribution >= 4 is 0 Å². The van der Waals surface area contributed by atoms with Crippen LogP contribution in [0.3, 0.4) is 0 Å². The van der Waals surface area contributed by atoms with E-state index in [1.165, 1.54) is 0 Å². The Kier molecular flexibility index (Phi) is 1990. The van der Waals surface area contributed by atoms with Crippen LogP contribution in [0.1, 0.15) is 0 Å². The molecule has 0 fully saturated rings. The van der Waals surface area contributed by atoms with Crippen LogP contribution >= 0.6 is 0 Å². The Bertz CT molecular complexity index is 9.65. The van der Waals surface area contributed by atoms with Crippen LogP contribution in [0.4, 0.5) is 0 Å². The molecule has 0 amide bonds. The summed E-state index contributed by atoms with van der Waals surface area (Å²) in [5.74, 6) is 0. The average Bonchev–Trinajstić information content (AvgIpc) is 0. The van der Waals surface area contributed by atoms with Crippen molar-refractivity contribution in [2.24, 2.45) is 0 Å². The van der Waals surface area contributed by atoms with Gasteiger partial charge in [-0.05, 0) is 0 Å². The topological polar surface area (TPSA) is 120 Å². The van der Waals surface area contributed by atoms with Gasteiger partial charge < -0.3 is 21.9 Å². The fourth-order valence-electron chi connectivity index (χ4n) is 0. The summed E-state index contributed by atoms with van der Waals surface area (Å²) in [5.41, 5.74) is 0. The normalized spacial score (nSPS) is 0. The molecule has 0 unspecified atom stereocenters. The van der Waals surface area contributed by atoms with Crippen molar-refractivity contribution in [3.8, 4) is 0 Å². The molecule has 0 aliphatic carbocycles. The maximum Gasteiger partial charge on any atom is 2.00 e. The molecule has 0 saturated heterocycles. The first-order valence-electron chi connectivity index (χ1n) is 0. The fraction of sp³-hybridized carbons (Fsp3) is 0. The van der Waals surface area contributed by atoms with Crippen LogP contribution in [-0.2, 0) is 65.8 Å². The molecule has 4 N–H and O–H groups in total. The summed E-state index contributed by atoms with van der Waals surface area (Å²) in [5, 5.41) is 0. The van der Waals surface area contributed by atoms with E-state index >= 15 is 0 Å². The molecular weight excluding hydrogens is 464 g/mol. The van der Waals surface area contributed by atoms with Crippen molar-refractivity contribution in [3.05, 3.63) is 0 Å². The van der Waals surface area contributed by atoms with Gasteiger partial charge in [-0.1, -0.05) is 0 Å².